The van der Waals surface area contributed by atoms with Crippen molar-refractivity contribution in [3.63, 3.8) is 0 Å². The molecule has 2 heterocycles. The first-order valence-electron chi connectivity index (χ1n) is 11.6. The molecular formula is C28H26ClN3O3. The summed E-state index contributed by atoms with van der Waals surface area (Å²) in [5.41, 5.74) is 2.93. The fraction of sp³-hybridized carbons (Fsp3) is 0.214. The van der Waals surface area contributed by atoms with Gasteiger partial charge in [-0.25, -0.2) is 0 Å². The number of amides is 2. The van der Waals surface area contributed by atoms with Crippen LogP contribution in [0.25, 0.3) is 11.0 Å². The van der Waals surface area contributed by atoms with Gasteiger partial charge in [0.15, 0.2) is 0 Å². The Labute approximate surface area is 209 Å². The van der Waals surface area contributed by atoms with Crippen molar-refractivity contribution in [3.8, 4) is 0 Å². The van der Waals surface area contributed by atoms with E-state index in [9.17, 15) is 9.59 Å². The van der Waals surface area contributed by atoms with Crippen molar-refractivity contribution in [2.45, 2.75) is 13.0 Å². The van der Waals surface area contributed by atoms with Crippen molar-refractivity contribution < 1.29 is 14.0 Å². The van der Waals surface area contributed by atoms with Crippen LogP contribution in [0.4, 0.5) is 5.69 Å². The standard InChI is InChI=1S/C28H26ClN3O3/c1-19(33)31-15-17-32(18-16-31)26(20-11-13-22(29)14-12-20)27-25(23-9-5-6-10-24(23)35-27)30-28(34)21-7-3-2-4-8-21/h2-14,26H,15-18H2,1H3,(H,30,34)/t26-/m1/s1. The molecule has 7 heteroatoms. The average Bonchev–Trinajstić information content (AvgIpc) is 3.24. The third kappa shape index (κ3) is 4.81. The summed E-state index contributed by atoms with van der Waals surface area (Å²) in [5, 5.41) is 4.62. The van der Waals surface area contributed by atoms with Crippen molar-refractivity contribution in [2.24, 2.45) is 0 Å². The second-order valence-corrected chi connectivity index (χ2v) is 9.09. The van der Waals surface area contributed by atoms with Gasteiger partial charge in [0.2, 0.25) is 5.91 Å². The molecule has 0 unspecified atom stereocenters. The van der Waals surface area contributed by atoms with Crippen molar-refractivity contribution in [1.29, 1.82) is 0 Å². The number of carbonyl (C=O) groups excluding carboxylic acids is 2. The van der Waals surface area contributed by atoms with E-state index in [0.717, 1.165) is 10.9 Å². The normalized spacial score (nSPS) is 15.2. The van der Waals surface area contributed by atoms with Crippen LogP contribution in [-0.4, -0.2) is 47.8 Å². The summed E-state index contributed by atoms with van der Waals surface area (Å²) in [6.45, 7) is 4.21. The van der Waals surface area contributed by atoms with Crippen LogP contribution in [0.2, 0.25) is 5.02 Å². The van der Waals surface area contributed by atoms with E-state index in [-0.39, 0.29) is 17.9 Å². The number of halogens is 1. The first-order valence-corrected chi connectivity index (χ1v) is 12.0. The Morgan fingerprint density at radius 3 is 2.23 bits per heavy atom. The van der Waals surface area contributed by atoms with E-state index >= 15 is 0 Å². The van der Waals surface area contributed by atoms with Crippen LogP contribution >= 0.6 is 11.6 Å². The molecule has 1 aliphatic rings. The smallest absolute Gasteiger partial charge is 0.255 e. The second kappa shape index (κ2) is 9.94. The zero-order valence-corrected chi connectivity index (χ0v) is 20.2. The molecule has 6 nitrogen and oxygen atoms in total. The first-order chi connectivity index (χ1) is 17.0. The molecule has 1 aromatic heterocycles. The number of nitrogens with one attached hydrogen (secondary N) is 1. The molecule has 2 amide bonds. The lowest BCUT2D eigenvalue weighted by atomic mass is 9.99. The minimum absolute atomic E-state index is 0.0762. The lowest BCUT2D eigenvalue weighted by Crippen LogP contribution is -2.49. The number of anilines is 1. The van der Waals surface area contributed by atoms with Gasteiger partial charge in [-0.1, -0.05) is 54.1 Å². The molecule has 1 atom stereocenters. The summed E-state index contributed by atoms with van der Waals surface area (Å²) in [6, 6.07) is 24.3. The molecule has 1 fully saturated rings. The van der Waals surface area contributed by atoms with Crippen molar-refractivity contribution in [1.82, 2.24) is 9.80 Å². The molecule has 0 spiro atoms. The number of fused-ring (bicyclic) bond motifs is 1. The Balaban J connectivity index is 1.59. The van der Waals surface area contributed by atoms with E-state index in [1.807, 2.05) is 71.6 Å². The highest BCUT2D eigenvalue weighted by molar-refractivity contribution is 6.30. The molecule has 0 bridgehead atoms. The lowest BCUT2D eigenvalue weighted by Gasteiger charge is -2.38. The number of benzene rings is 3. The highest BCUT2D eigenvalue weighted by atomic mass is 35.5. The van der Waals surface area contributed by atoms with Crippen LogP contribution in [0.1, 0.15) is 34.6 Å². The molecule has 3 aromatic carbocycles. The van der Waals surface area contributed by atoms with Gasteiger partial charge in [-0.2, -0.15) is 0 Å². The fourth-order valence-corrected chi connectivity index (χ4v) is 4.76. The largest absolute Gasteiger partial charge is 0.457 e. The molecular weight excluding hydrogens is 462 g/mol. The van der Waals surface area contributed by atoms with Gasteiger partial charge in [-0.15, -0.1) is 0 Å². The number of para-hydroxylation sites is 1. The van der Waals surface area contributed by atoms with Crippen LogP contribution in [-0.2, 0) is 4.79 Å². The molecule has 5 rings (SSSR count). The number of piperazine rings is 1. The molecule has 0 saturated carbocycles. The van der Waals surface area contributed by atoms with Gasteiger partial charge in [0.25, 0.3) is 5.91 Å². The molecule has 0 radical (unpaired) electrons. The SMILES string of the molecule is CC(=O)N1CCN([C@H](c2ccc(Cl)cc2)c2oc3ccccc3c2NC(=O)c2ccccc2)CC1. The zero-order valence-electron chi connectivity index (χ0n) is 19.4. The summed E-state index contributed by atoms with van der Waals surface area (Å²) in [5.74, 6) is 0.538. The number of hydrogen-bond donors (Lipinski definition) is 1. The van der Waals surface area contributed by atoms with E-state index in [2.05, 4.69) is 10.2 Å². The summed E-state index contributed by atoms with van der Waals surface area (Å²) in [4.78, 5) is 29.2. The van der Waals surface area contributed by atoms with E-state index in [1.165, 1.54) is 0 Å². The van der Waals surface area contributed by atoms with Crippen LogP contribution in [0.5, 0.6) is 0 Å². The van der Waals surface area contributed by atoms with Gasteiger partial charge in [0.05, 0.1) is 11.7 Å². The Morgan fingerprint density at radius 2 is 1.54 bits per heavy atom. The van der Waals surface area contributed by atoms with Crippen molar-refractivity contribution >= 4 is 40.1 Å². The quantitative estimate of drug-likeness (QED) is 0.398. The Morgan fingerprint density at radius 1 is 0.886 bits per heavy atom. The molecule has 0 aliphatic carbocycles. The van der Waals surface area contributed by atoms with E-state index < -0.39 is 0 Å². The molecule has 1 N–H and O–H groups in total. The summed E-state index contributed by atoms with van der Waals surface area (Å²) in [7, 11) is 0. The van der Waals surface area contributed by atoms with Crippen LogP contribution in [0.3, 0.4) is 0 Å². The summed E-state index contributed by atoms with van der Waals surface area (Å²) in [6.07, 6.45) is 0. The van der Waals surface area contributed by atoms with E-state index in [4.69, 9.17) is 16.0 Å². The van der Waals surface area contributed by atoms with Gasteiger partial charge in [-0.3, -0.25) is 14.5 Å². The Bertz CT molecular complexity index is 1340. The van der Waals surface area contributed by atoms with Gasteiger partial charge in [-0.05, 0) is 42.0 Å². The van der Waals surface area contributed by atoms with Crippen molar-refractivity contribution in [2.75, 3.05) is 31.5 Å². The number of hydrogen-bond acceptors (Lipinski definition) is 4. The third-order valence-corrected chi connectivity index (χ3v) is 6.71. The summed E-state index contributed by atoms with van der Waals surface area (Å²) < 4.78 is 6.44. The molecule has 35 heavy (non-hydrogen) atoms. The number of furan rings is 1. The van der Waals surface area contributed by atoms with Crippen LogP contribution < -0.4 is 5.32 Å². The number of rotatable bonds is 5. The predicted octanol–water partition coefficient (Wildman–Crippen LogP) is 5.59. The molecule has 1 saturated heterocycles. The fourth-order valence-electron chi connectivity index (χ4n) is 4.63. The first kappa shape index (κ1) is 23.1. The van der Waals surface area contributed by atoms with Crippen molar-refractivity contribution in [3.05, 3.63) is 101 Å². The Hall–Kier alpha value is -3.61. The predicted molar refractivity (Wildman–Crippen MR) is 138 cm³/mol. The molecule has 1 aliphatic heterocycles. The minimum Gasteiger partial charge on any atom is -0.457 e. The second-order valence-electron chi connectivity index (χ2n) is 8.65. The average molecular weight is 488 g/mol. The highest BCUT2D eigenvalue weighted by Gasteiger charge is 2.33. The monoisotopic (exact) mass is 487 g/mol. The van der Waals surface area contributed by atoms with Gasteiger partial charge in [0, 0.05) is 49.1 Å². The van der Waals surface area contributed by atoms with Crippen LogP contribution in [0.15, 0.2) is 83.3 Å². The highest BCUT2D eigenvalue weighted by Crippen LogP contribution is 2.41. The summed E-state index contributed by atoms with van der Waals surface area (Å²) >= 11 is 6.20. The minimum atomic E-state index is -0.264. The van der Waals surface area contributed by atoms with E-state index in [1.54, 1.807) is 19.1 Å². The zero-order chi connectivity index (χ0) is 24.4. The van der Waals surface area contributed by atoms with Gasteiger partial charge in [0.1, 0.15) is 11.3 Å². The van der Waals surface area contributed by atoms with E-state index in [0.29, 0.717) is 53.8 Å². The maximum Gasteiger partial charge on any atom is 0.255 e. The number of carbonyl (C=O) groups is 2. The molecule has 178 valence electrons. The number of nitrogens with zero attached hydrogens (tertiary/aromatic N) is 2. The Kier molecular flexibility index (Phi) is 6.57. The third-order valence-electron chi connectivity index (χ3n) is 6.46. The van der Waals surface area contributed by atoms with Gasteiger partial charge >= 0.3 is 0 Å². The lowest BCUT2D eigenvalue weighted by molar-refractivity contribution is -0.130. The maximum atomic E-state index is 13.2. The van der Waals surface area contributed by atoms with Gasteiger partial charge < -0.3 is 14.6 Å². The topological polar surface area (TPSA) is 65.8 Å². The maximum absolute atomic E-state index is 13.2. The van der Waals surface area contributed by atoms with Crippen LogP contribution in [0, 0.1) is 0 Å². The molecule has 4 aromatic rings.